The Kier molecular flexibility index (Phi) is 9.21. The molecule has 190 valence electrons. The molecule has 2 aromatic rings. The lowest BCUT2D eigenvalue weighted by Crippen LogP contribution is -2.52. The lowest BCUT2D eigenvalue weighted by molar-refractivity contribution is -0.140. The van der Waals surface area contributed by atoms with E-state index >= 15 is 0 Å². The summed E-state index contributed by atoms with van der Waals surface area (Å²) in [5.74, 6) is -0.789. The molecule has 0 bridgehead atoms. The molecule has 35 heavy (non-hydrogen) atoms. The Labute approximate surface area is 217 Å². The van der Waals surface area contributed by atoms with Crippen LogP contribution in [0.2, 0.25) is 10.0 Å². The maximum absolute atomic E-state index is 13.4. The normalized spacial score (nSPS) is 15.3. The summed E-state index contributed by atoms with van der Waals surface area (Å²) in [4.78, 5) is 27.9. The van der Waals surface area contributed by atoms with Crippen LogP contribution in [0.25, 0.3) is 0 Å². The zero-order chi connectivity index (χ0) is 25.8. The van der Waals surface area contributed by atoms with Gasteiger partial charge in [0.25, 0.3) is 0 Å². The van der Waals surface area contributed by atoms with Crippen LogP contribution >= 0.6 is 23.2 Å². The molecule has 0 radical (unpaired) electrons. The van der Waals surface area contributed by atoms with Crippen LogP contribution in [-0.4, -0.2) is 55.1 Å². The van der Waals surface area contributed by atoms with Gasteiger partial charge in [0.15, 0.2) is 0 Å². The Balaban J connectivity index is 1.82. The number of carbonyl (C=O) groups is 2. The Morgan fingerprint density at radius 1 is 1.09 bits per heavy atom. The van der Waals surface area contributed by atoms with Gasteiger partial charge in [-0.2, -0.15) is 4.31 Å². The van der Waals surface area contributed by atoms with Gasteiger partial charge in [-0.05, 0) is 56.5 Å². The number of nitrogens with one attached hydrogen (secondary N) is 1. The first-order valence-electron chi connectivity index (χ1n) is 11.6. The second kappa shape index (κ2) is 11.7. The number of amides is 2. The van der Waals surface area contributed by atoms with Crippen molar-refractivity contribution in [3.63, 3.8) is 0 Å². The second-order valence-electron chi connectivity index (χ2n) is 9.00. The van der Waals surface area contributed by atoms with Gasteiger partial charge >= 0.3 is 0 Å². The summed E-state index contributed by atoms with van der Waals surface area (Å²) in [6.45, 7) is 3.11. The maximum Gasteiger partial charge on any atom is 0.243 e. The topological polar surface area (TPSA) is 86.8 Å². The molecule has 1 aliphatic carbocycles. The van der Waals surface area contributed by atoms with Crippen molar-refractivity contribution >= 4 is 45.0 Å². The molecule has 0 heterocycles. The molecule has 7 nitrogen and oxygen atoms in total. The smallest absolute Gasteiger partial charge is 0.243 e. The SMILES string of the molecule is Cc1ccc(S(=O)(=O)N(C)CC(=O)N(Cc2ccc(Cl)cc2Cl)[C@H](C)C(=O)NC2CCCC2)cc1. The summed E-state index contributed by atoms with van der Waals surface area (Å²) in [6, 6.07) is 10.6. The van der Waals surface area contributed by atoms with Crippen LogP contribution in [0.1, 0.15) is 43.7 Å². The van der Waals surface area contributed by atoms with Crippen molar-refractivity contribution in [2.24, 2.45) is 0 Å². The quantitative estimate of drug-likeness (QED) is 0.511. The number of sulfonamides is 1. The fourth-order valence-electron chi connectivity index (χ4n) is 4.06. The van der Waals surface area contributed by atoms with Gasteiger partial charge in [-0.25, -0.2) is 8.42 Å². The Bertz CT molecular complexity index is 1170. The third kappa shape index (κ3) is 6.97. The van der Waals surface area contributed by atoms with E-state index in [0.29, 0.717) is 15.6 Å². The zero-order valence-electron chi connectivity index (χ0n) is 20.1. The van der Waals surface area contributed by atoms with E-state index in [2.05, 4.69) is 5.32 Å². The lowest BCUT2D eigenvalue weighted by Gasteiger charge is -2.31. The molecule has 2 amide bonds. The highest BCUT2D eigenvalue weighted by atomic mass is 35.5. The van der Waals surface area contributed by atoms with Gasteiger partial charge in [0.2, 0.25) is 21.8 Å². The Morgan fingerprint density at radius 3 is 2.31 bits per heavy atom. The molecule has 1 atom stereocenters. The van der Waals surface area contributed by atoms with Crippen molar-refractivity contribution < 1.29 is 18.0 Å². The van der Waals surface area contributed by atoms with Crippen LogP contribution in [0.15, 0.2) is 47.4 Å². The molecular formula is C25H31Cl2N3O4S. The lowest BCUT2D eigenvalue weighted by atomic mass is 10.1. The van der Waals surface area contributed by atoms with Crippen LogP contribution in [0.3, 0.4) is 0 Å². The van der Waals surface area contributed by atoms with Crippen molar-refractivity contribution in [1.29, 1.82) is 0 Å². The molecule has 0 aromatic heterocycles. The molecule has 10 heteroatoms. The van der Waals surface area contributed by atoms with Crippen LogP contribution in [-0.2, 0) is 26.2 Å². The van der Waals surface area contributed by atoms with Crippen LogP contribution in [0.4, 0.5) is 0 Å². The molecule has 1 N–H and O–H groups in total. The van der Waals surface area contributed by atoms with E-state index < -0.39 is 28.5 Å². The first-order chi connectivity index (χ1) is 16.5. The minimum Gasteiger partial charge on any atom is -0.352 e. The van der Waals surface area contributed by atoms with Gasteiger partial charge < -0.3 is 10.2 Å². The van der Waals surface area contributed by atoms with Gasteiger partial charge in [0, 0.05) is 29.7 Å². The average Bonchev–Trinajstić information content (AvgIpc) is 3.31. The summed E-state index contributed by atoms with van der Waals surface area (Å²) >= 11 is 12.4. The number of benzene rings is 2. The van der Waals surface area contributed by atoms with Crippen molar-refractivity contribution in [3.05, 3.63) is 63.6 Å². The van der Waals surface area contributed by atoms with E-state index in [0.717, 1.165) is 35.6 Å². The predicted octanol–water partition coefficient (Wildman–Crippen LogP) is 4.40. The highest BCUT2D eigenvalue weighted by Gasteiger charge is 2.31. The fraction of sp³-hybridized carbons (Fsp3) is 0.440. The third-order valence-corrected chi connectivity index (χ3v) is 8.72. The molecular weight excluding hydrogens is 509 g/mol. The molecule has 0 saturated heterocycles. The summed E-state index contributed by atoms with van der Waals surface area (Å²) in [7, 11) is -2.54. The highest BCUT2D eigenvalue weighted by Crippen LogP contribution is 2.24. The number of aryl methyl sites for hydroxylation is 1. The molecule has 2 aromatic carbocycles. The van der Waals surface area contributed by atoms with E-state index in [1.165, 1.54) is 24.1 Å². The van der Waals surface area contributed by atoms with Gasteiger partial charge in [-0.1, -0.05) is 59.8 Å². The van der Waals surface area contributed by atoms with Crippen LogP contribution in [0.5, 0.6) is 0 Å². The van der Waals surface area contributed by atoms with Crippen molar-refractivity contribution in [3.8, 4) is 0 Å². The monoisotopic (exact) mass is 539 g/mol. The summed E-state index contributed by atoms with van der Waals surface area (Å²) < 4.78 is 27.0. The zero-order valence-corrected chi connectivity index (χ0v) is 22.5. The Hall–Kier alpha value is -2.13. The summed E-state index contributed by atoms with van der Waals surface area (Å²) in [5.41, 5.74) is 1.53. The van der Waals surface area contributed by atoms with Gasteiger partial charge in [-0.3, -0.25) is 9.59 Å². The minimum absolute atomic E-state index is 0.0342. The van der Waals surface area contributed by atoms with Gasteiger partial charge in [-0.15, -0.1) is 0 Å². The minimum atomic E-state index is -3.89. The van der Waals surface area contributed by atoms with E-state index in [-0.39, 0.29) is 23.4 Å². The van der Waals surface area contributed by atoms with E-state index in [1.807, 2.05) is 6.92 Å². The standard InChI is InChI=1S/C25H31Cl2N3O4S/c1-17-8-12-22(13-9-17)35(33,34)29(3)16-24(31)30(15-19-10-11-20(26)14-23(19)27)18(2)25(32)28-21-6-4-5-7-21/h8-14,18,21H,4-7,15-16H2,1-3H3,(H,28,32)/t18-/m1/s1. The first kappa shape index (κ1) is 27.5. The summed E-state index contributed by atoms with van der Waals surface area (Å²) in [5, 5.41) is 3.83. The molecule has 1 aliphatic rings. The van der Waals surface area contributed by atoms with Gasteiger partial charge in [0.1, 0.15) is 6.04 Å². The predicted molar refractivity (Wildman–Crippen MR) is 138 cm³/mol. The number of likely N-dealkylation sites (N-methyl/N-ethyl adjacent to an activating group) is 1. The fourth-order valence-corrected chi connectivity index (χ4v) is 5.65. The summed E-state index contributed by atoms with van der Waals surface area (Å²) in [6.07, 6.45) is 3.94. The van der Waals surface area contributed by atoms with E-state index in [9.17, 15) is 18.0 Å². The molecule has 1 fully saturated rings. The number of nitrogens with zero attached hydrogens (tertiary/aromatic N) is 2. The molecule has 0 unspecified atom stereocenters. The molecule has 0 aliphatic heterocycles. The number of carbonyl (C=O) groups excluding carboxylic acids is 2. The molecule has 1 saturated carbocycles. The molecule has 3 rings (SSSR count). The maximum atomic E-state index is 13.4. The second-order valence-corrected chi connectivity index (χ2v) is 11.9. The van der Waals surface area contributed by atoms with Crippen molar-refractivity contribution in [2.45, 2.75) is 63.1 Å². The molecule has 0 spiro atoms. The number of hydrogen-bond acceptors (Lipinski definition) is 4. The van der Waals surface area contributed by atoms with Crippen molar-refractivity contribution in [2.75, 3.05) is 13.6 Å². The van der Waals surface area contributed by atoms with Crippen LogP contribution < -0.4 is 5.32 Å². The number of hydrogen-bond donors (Lipinski definition) is 1. The first-order valence-corrected chi connectivity index (χ1v) is 13.8. The third-order valence-electron chi connectivity index (χ3n) is 6.31. The number of halogens is 2. The van der Waals surface area contributed by atoms with Crippen molar-refractivity contribution in [1.82, 2.24) is 14.5 Å². The number of rotatable bonds is 9. The highest BCUT2D eigenvalue weighted by molar-refractivity contribution is 7.89. The van der Waals surface area contributed by atoms with Gasteiger partial charge in [0.05, 0.1) is 11.4 Å². The average molecular weight is 541 g/mol. The largest absolute Gasteiger partial charge is 0.352 e. The van der Waals surface area contributed by atoms with E-state index in [4.69, 9.17) is 23.2 Å². The van der Waals surface area contributed by atoms with Crippen LogP contribution in [0, 0.1) is 6.92 Å². The van der Waals surface area contributed by atoms with E-state index in [1.54, 1.807) is 37.3 Å². The Morgan fingerprint density at radius 2 is 1.71 bits per heavy atom.